The number of benzene rings is 1. The molecule has 0 aliphatic heterocycles. The standard InChI is InChI=1S/C9H9NO/c1-7-3-2-4-9-8(7)5-6-10(9)11/h2-6,11H,1H3. The Bertz CT molecular complexity index is 389. The molecule has 2 nitrogen and oxygen atoms in total. The number of nitrogens with zero attached hydrogens (tertiary/aromatic N) is 1. The van der Waals surface area contributed by atoms with Crippen molar-refractivity contribution in [3.05, 3.63) is 36.0 Å². The number of hydrogen-bond donors (Lipinski definition) is 1. The van der Waals surface area contributed by atoms with Crippen molar-refractivity contribution in [3.8, 4) is 0 Å². The maximum Gasteiger partial charge on any atom is 0.0868 e. The molecular weight excluding hydrogens is 138 g/mol. The van der Waals surface area contributed by atoms with Gasteiger partial charge in [0.15, 0.2) is 0 Å². The first-order chi connectivity index (χ1) is 5.29. The topological polar surface area (TPSA) is 25.2 Å². The monoisotopic (exact) mass is 147 g/mol. The lowest BCUT2D eigenvalue weighted by molar-refractivity contribution is 0.200. The highest BCUT2D eigenvalue weighted by atomic mass is 16.5. The van der Waals surface area contributed by atoms with Gasteiger partial charge in [-0.2, -0.15) is 4.73 Å². The summed E-state index contributed by atoms with van der Waals surface area (Å²) in [4.78, 5) is 0. The summed E-state index contributed by atoms with van der Waals surface area (Å²) in [5, 5.41) is 10.4. The summed E-state index contributed by atoms with van der Waals surface area (Å²) in [5.74, 6) is 0. The van der Waals surface area contributed by atoms with E-state index in [1.54, 1.807) is 6.20 Å². The van der Waals surface area contributed by atoms with E-state index in [-0.39, 0.29) is 0 Å². The maximum atomic E-state index is 9.25. The molecule has 0 spiro atoms. The van der Waals surface area contributed by atoms with Crippen LogP contribution in [0.15, 0.2) is 30.5 Å². The third kappa shape index (κ3) is 0.792. The molecule has 1 heterocycles. The second-order valence-corrected chi connectivity index (χ2v) is 2.67. The lowest BCUT2D eigenvalue weighted by Gasteiger charge is -1.95. The summed E-state index contributed by atoms with van der Waals surface area (Å²) < 4.78 is 1.14. The fourth-order valence-corrected chi connectivity index (χ4v) is 1.31. The molecule has 0 aliphatic carbocycles. The van der Waals surface area contributed by atoms with Crippen molar-refractivity contribution < 1.29 is 5.21 Å². The van der Waals surface area contributed by atoms with Gasteiger partial charge < -0.3 is 5.21 Å². The van der Waals surface area contributed by atoms with Crippen LogP contribution in [0.4, 0.5) is 0 Å². The van der Waals surface area contributed by atoms with E-state index in [2.05, 4.69) is 0 Å². The third-order valence-corrected chi connectivity index (χ3v) is 1.93. The van der Waals surface area contributed by atoms with Gasteiger partial charge >= 0.3 is 0 Å². The summed E-state index contributed by atoms with van der Waals surface area (Å²) in [6.07, 6.45) is 1.65. The summed E-state index contributed by atoms with van der Waals surface area (Å²) in [7, 11) is 0. The van der Waals surface area contributed by atoms with Crippen molar-refractivity contribution in [3.63, 3.8) is 0 Å². The minimum absolute atomic E-state index is 0.866. The molecule has 2 rings (SSSR count). The van der Waals surface area contributed by atoms with Crippen LogP contribution >= 0.6 is 0 Å². The highest BCUT2D eigenvalue weighted by Gasteiger charge is 1.99. The van der Waals surface area contributed by atoms with Gasteiger partial charge in [-0.15, -0.1) is 0 Å². The molecule has 0 fully saturated rings. The molecule has 0 aliphatic rings. The lowest BCUT2D eigenvalue weighted by Crippen LogP contribution is -1.85. The summed E-state index contributed by atoms with van der Waals surface area (Å²) >= 11 is 0. The van der Waals surface area contributed by atoms with Gasteiger partial charge in [-0.25, -0.2) is 0 Å². The molecule has 0 saturated carbocycles. The second-order valence-electron chi connectivity index (χ2n) is 2.67. The second kappa shape index (κ2) is 2.02. The van der Waals surface area contributed by atoms with Gasteiger partial charge in [0.2, 0.25) is 0 Å². The Balaban J connectivity index is 2.94. The van der Waals surface area contributed by atoms with Crippen molar-refractivity contribution in [2.45, 2.75) is 6.92 Å². The van der Waals surface area contributed by atoms with Gasteiger partial charge in [-0.1, -0.05) is 12.1 Å². The average molecular weight is 147 g/mol. The molecule has 1 aromatic carbocycles. The van der Waals surface area contributed by atoms with E-state index in [1.807, 2.05) is 31.2 Å². The van der Waals surface area contributed by atoms with Crippen molar-refractivity contribution in [2.24, 2.45) is 0 Å². The van der Waals surface area contributed by atoms with E-state index >= 15 is 0 Å². The van der Waals surface area contributed by atoms with Crippen LogP contribution in [0, 0.1) is 6.92 Å². The number of hydrogen-bond acceptors (Lipinski definition) is 1. The third-order valence-electron chi connectivity index (χ3n) is 1.93. The van der Waals surface area contributed by atoms with E-state index < -0.39 is 0 Å². The molecule has 0 atom stereocenters. The number of aryl methyl sites for hydroxylation is 1. The van der Waals surface area contributed by atoms with Crippen LogP contribution in [0.25, 0.3) is 10.9 Å². The number of aromatic nitrogens is 1. The van der Waals surface area contributed by atoms with E-state index in [0.29, 0.717) is 0 Å². The molecule has 0 saturated heterocycles. The van der Waals surface area contributed by atoms with Gasteiger partial charge in [-0.3, -0.25) is 0 Å². The zero-order valence-corrected chi connectivity index (χ0v) is 6.28. The molecular formula is C9H9NO. The minimum atomic E-state index is 0.866. The Morgan fingerprint density at radius 2 is 2.09 bits per heavy atom. The van der Waals surface area contributed by atoms with Crippen molar-refractivity contribution >= 4 is 10.9 Å². The average Bonchev–Trinajstić information content (AvgIpc) is 2.35. The molecule has 56 valence electrons. The van der Waals surface area contributed by atoms with Gasteiger partial charge in [0.1, 0.15) is 0 Å². The van der Waals surface area contributed by atoms with Gasteiger partial charge in [0, 0.05) is 11.6 Å². The Morgan fingerprint density at radius 3 is 2.82 bits per heavy atom. The molecule has 1 aromatic heterocycles. The number of rotatable bonds is 0. The SMILES string of the molecule is Cc1cccc2c1ccn2O. The number of fused-ring (bicyclic) bond motifs is 1. The Kier molecular flexibility index (Phi) is 1.15. The van der Waals surface area contributed by atoms with Crippen LogP contribution in [0.3, 0.4) is 0 Å². The van der Waals surface area contributed by atoms with Crippen LogP contribution in [0.5, 0.6) is 0 Å². The quantitative estimate of drug-likeness (QED) is 0.568. The van der Waals surface area contributed by atoms with E-state index in [0.717, 1.165) is 15.6 Å². The Labute approximate surface area is 64.6 Å². The Hall–Kier alpha value is -1.44. The fourth-order valence-electron chi connectivity index (χ4n) is 1.31. The zero-order chi connectivity index (χ0) is 7.84. The molecule has 1 N–H and O–H groups in total. The first-order valence-corrected chi connectivity index (χ1v) is 3.55. The van der Waals surface area contributed by atoms with Crippen molar-refractivity contribution in [2.75, 3.05) is 0 Å². The fraction of sp³-hybridized carbons (Fsp3) is 0.111. The van der Waals surface area contributed by atoms with Crippen LogP contribution < -0.4 is 0 Å². The zero-order valence-electron chi connectivity index (χ0n) is 6.28. The van der Waals surface area contributed by atoms with Crippen molar-refractivity contribution in [1.29, 1.82) is 0 Å². The van der Waals surface area contributed by atoms with Gasteiger partial charge in [0.25, 0.3) is 0 Å². The first-order valence-electron chi connectivity index (χ1n) is 3.55. The Morgan fingerprint density at radius 1 is 1.27 bits per heavy atom. The first kappa shape index (κ1) is 6.28. The molecule has 0 unspecified atom stereocenters. The predicted octanol–water partition coefficient (Wildman–Crippen LogP) is 2.19. The van der Waals surface area contributed by atoms with E-state index in [4.69, 9.17) is 0 Å². The van der Waals surface area contributed by atoms with Crippen molar-refractivity contribution in [1.82, 2.24) is 4.73 Å². The van der Waals surface area contributed by atoms with E-state index in [9.17, 15) is 5.21 Å². The normalized spacial score (nSPS) is 10.6. The van der Waals surface area contributed by atoms with Crippen LogP contribution in [-0.4, -0.2) is 9.94 Å². The molecule has 0 radical (unpaired) electrons. The van der Waals surface area contributed by atoms with E-state index in [1.165, 1.54) is 5.56 Å². The smallest absolute Gasteiger partial charge is 0.0868 e. The van der Waals surface area contributed by atoms with Crippen LogP contribution in [0.1, 0.15) is 5.56 Å². The highest BCUT2D eigenvalue weighted by Crippen LogP contribution is 2.17. The molecule has 0 amide bonds. The maximum absolute atomic E-state index is 9.25. The molecule has 2 heteroatoms. The molecule has 11 heavy (non-hydrogen) atoms. The summed E-state index contributed by atoms with van der Waals surface area (Å²) in [5.41, 5.74) is 2.06. The molecule has 0 bridgehead atoms. The van der Waals surface area contributed by atoms with Crippen LogP contribution in [-0.2, 0) is 0 Å². The lowest BCUT2D eigenvalue weighted by atomic mass is 10.1. The predicted molar refractivity (Wildman–Crippen MR) is 43.9 cm³/mol. The summed E-state index contributed by atoms with van der Waals surface area (Å²) in [6.45, 7) is 2.03. The van der Waals surface area contributed by atoms with Gasteiger partial charge in [-0.05, 0) is 24.6 Å². The highest BCUT2D eigenvalue weighted by molar-refractivity contribution is 5.82. The summed E-state index contributed by atoms with van der Waals surface area (Å²) in [6, 6.07) is 7.76. The van der Waals surface area contributed by atoms with Gasteiger partial charge in [0.05, 0.1) is 5.52 Å². The molecule has 2 aromatic rings. The largest absolute Gasteiger partial charge is 0.428 e. The minimum Gasteiger partial charge on any atom is -0.428 e. The van der Waals surface area contributed by atoms with Crippen LogP contribution in [0.2, 0.25) is 0 Å².